The molecule has 2 heterocycles. The van der Waals surface area contributed by atoms with Gasteiger partial charge in [-0.25, -0.2) is 4.79 Å². The van der Waals surface area contributed by atoms with Gasteiger partial charge in [-0.1, -0.05) is 92.7 Å². The summed E-state index contributed by atoms with van der Waals surface area (Å²) in [7, 11) is 1.20. The number of benzene rings is 3. The summed E-state index contributed by atoms with van der Waals surface area (Å²) in [6.45, 7) is 5.45. The maximum absolute atomic E-state index is 15.0. The van der Waals surface area contributed by atoms with Crippen LogP contribution in [0, 0.1) is 5.92 Å². The Bertz CT molecular complexity index is 2540. The molecule has 358 valence electrons. The van der Waals surface area contributed by atoms with Crippen LogP contribution in [0.4, 0.5) is 5.69 Å². The molecule has 5 rings (SSSR count). The van der Waals surface area contributed by atoms with Gasteiger partial charge in [0.05, 0.1) is 19.4 Å². The lowest BCUT2D eigenvalue weighted by molar-refractivity contribution is -0.145. The van der Waals surface area contributed by atoms with Crippen molar-refractivity contribution in [2.45, 2.75) is 96.5 Å². The summed E-state index contributed by atoms with van der Waals surface area (Å²) in [5.41, 5.74) is 7.56. The van der Waals surface area contributed by atoms with Gasteiger partial charge >= 0.3 is 5.97 Å². The molecule has 0 aliphatic rings. The average molecular weight is 923 g/mol. The van der Waals surface area contributed by atoms with Gasteiger partial charge in [-0.05, 0) is 73.9 Å². The molecule has 0 spiro atoms. The summed E-state index contributed by atoms with van der Waals surface area (Å²) in [6, 6.07) is 22.6. The van der Waals surface area contributed by atoms with Crippen LogP contribution in [-0.4, -0.2) is 91.7 Å². The number of nitrogens with zero attached hydrogens (tertiary/aromatic N) is 1. The number of carbonyl (C=O) groups is 4. The quantitative estimate of drug-likeness (QED) is 0.0250. The highest BCUT2D eigenvalue weighted by molar-refractivity contribution is 5.95. The number of para-hydroxylation sites is 1. The lowest BCUT2D eigenvalue weighted by Gasteiger charge is -2.27. The second-order valence-corrected chi connectivity index (χ2v) is 16.6. The van der Waals surface area contributed by atoms with E-state index in [0.29, 0.717) is 24.0 Å². The van der Waals surface area contributed by atoms with E-state index in [1.54, 1.807) is 48.7 Å². The molecule has 0 saturated heterocycles. The fraction of sp³-hybridized carbons (Fsp3) is 0.367. The first-order valence-corrected chi connectivity index (χ1v) is 22.2. The van der Waals surface area contributed by atoms with Gasteiger partial charge in [-0.3, -0.25) is 23.7 Å². The fourth-order valence-electron chi connectivity index (χ4n) is 7.48. The highest BCUT2D eigenvalue weighted by atomic mass is 16.6. The van der Waals surface area contributed by atoms with Gasteiger partial charge < -0.3 is 61.8 Å². The molecule has 18 nitrogen and oxygen atoms in total. The number of nitrogens with two attached hydrogens (primary N) is 1. The number of amides is 3. The van der Waals surface area contributed by atoms with Crippen molar-refractivity contribution in [3.63, 3.8) is 0 Å². The Kier molecular flexibility index (Phi) is 18.9. The van der Waals surface area contributed by atoms with E-state index in [2.05, 4.69) is 31.2 Å². The number of aliphatic hydroxyl groups excluding tert-OH is 1. The number of aromatic nitrogens is 3. The van der Waals surface area contributed by atoms with Gasteiger partial charge in [0, 0.05) is 36.0 Å². The number of hydrogen-bond donors (Lipinski definition) is 10. The van der Waals surface area contributed by atoms with Gasteiger partial charge in [0.2, 0.25) is 30.0 Å². The molecule has 67 heavy (non-hydrogen) atoms. The van der Waals surface area contributed by atoms with Crippen LogP contribution < -0.4 is 32.6 Å². The van der Waals surface area contributed by atoms with Crippen LogP contribution in [0.1, 0.15) is 74.9 Å². The summed E-state index contributed by atoms with van der Waals surface area (Å²) in [5, 5.41) is 46.6. The zero-order valence-corrected chi connectivity index (χ0v) is 38.2. The third-order valence-corrected chi connectivity index (χ3v) is 10.9. The maximum Gasteiger partial charge on any atom is 0.328 e. The first-order valence-electron chi connectivity index (χ1n) is 22.2. The van der Waals surface area contributed by atoms with E-state index in [9.17, 15) is 39.3 Å². The molecule has 3 aromatic carbocycles. The number of carbonyl (C=O) groups excluding carboxylic acids is 4. The third kappa shape index (κ3) is 14.7. The van der Waals surface area contributed by atoms with E-state index >= 15 is 0 Å². The molecule has 0 bridgehead atoms. The van der Waals surface area contributed by atoms with Gasteiger partial charge in [0.15, 0.2) is 5.88 Å². The first kappa shape index (κ1) is 50.8. The Labute approximate surface area is 388 Å². The average Bonchev–Trinajstić information content (AvgIpc) is 3.74. The highest BCUT2D eigenvalue weighted by Gasteiger charge is 2.33. The molecule has 0 saturated carbocycles. The summed E-state index contributed by atoms with van der Waals surface area (Å²) in [6.07, 6.45) is 0.843. The van der Waals surface area contributed by atoms with Crippen LogP contribution in [0.15, 0.2) is 108 Å². The molecule has 11 N–H and O–H groups in total. The van der Waals surface area contributed by atoms with Crippen molar-refractivity contribution in [1.29, 1.82) is 0 Å². The Hall–Kier alpha value is -7.15. The van der Waals surface area contributed by atoms with Crippen molar-refractivity contribution in [3.05, 3.63) is 136 Å². The minimum Gasteiger partial charge on any atom is -0.494 e. The molecule has 5 atom stereocenters. The molecule has 0 aliphatic heterocycles. The van der Waals surface area contributed by atoms with Crippen LogP contribution >= 0.6 is 0 Å². The maximum atomic E-state index is 15.0. The van der Waals surface area contributed by atoms with Crippen molar-refractivity contribution in [2.24, 2.45) is 11.7 Å². The lowest BCUT2D eigenvalue weighted by Crippen LogP contribution is -2.56. The molecule has 3 amide bonds. The second kappa shape index (κ2) is 24.9. The Morgan fingerprint density at radius 3 is 2.10 bits per heavy atom. The topological polar surface area (TPSA) is 275 Å². The number of aromatic amines is 2. The number of rotatable bonds is 23. The zero-order valence-electron chi connectivity index (χ0n) is 38.2. The largest absolute Gasteiger partial charge is 0.494 e. The van der Waals surface area contributed by atoms with Gasteiger partial charge in [-0.2, -0.15) is 0 Å². The smallest absolute Gasteiger partial charge is 0.328 e. The summed E-state index contributed by atoms with van der Waals surface area (Å²) < 4.78 is 11.3. The monoisotopic (exact) mass is 922 g/mol. The van der Waals surface area contributed by atoms with E-state index in [4.69, 9.17) is 15.2 Å². The van der Waals surface area contributed by atoms with Crippen molar-refractivity contribution < 1.29 is 44.0 Å². The second-order valence-electron chi connectivity index (χ2n) is 16.6. The molecule has 0 radical (unpaired) electrons. The highest BCUT2D eigenvalue weighted by Crippen LogP contribution is 2.30. The number of hydrogen-bond acceptors (Lipinski definition) is 12. The molecule has 1 unspecified atom stereocenters. The fourth-order valence-corrected chi connectivity index (χ4v) is 7.48. The standard InChI is InChI=1S/C49H62N8O10/c1-30(2)25-38(44(60)52-31(3)48(64)66-4)53-45(61)39(27-34-28-51-36-20-12-11-19-35(34)36)54-46(62)41(21-13-14-24-50)57-42(58)23-22-37(56-49(65)67-29-33-17-9-6-10-18-33)43(59)55-40(47(57)63)26-32-15-7-5-8-16-32/h5-12,15-20,22-23,28,30-31,38-39,41,49,51,56,58,63,65H,13-14,21,24-27,29,50H2,1-4H3,(H,52,60)(H,53,61)(H,54,62)(H,55,59)/t31-,38+,39+,41+,49?/m1/s1. The van der Waals surface area contributed by atoms with Gasteiger partial charge in [0.25, 0.3) is 5.56 Å². The van der Waals surface area contributed by atoms with Crippen LogP contribution in [0.2, 0.25) is 0 Å². The Morgan fingerprint density at radius 1 is 0.791 bits per heavy atom. The van der Waals surface area contributed by atoms with Crippen molar-refractivity contribution >= 4 is 40.3 Å². The molecular formula is C49H62N8O10. The minimum atomic E-state index is -1.68. The van der Waals surface area contributed by atoms with Crippen LogP contribution in [-0.2, 0) is 48.1 Å². The minimum absolute atomic E-state index is 0.00217. The molecule has 0 aliphatic carbocycles. The normalized spacial score (nSPS) is 13.4. The zero-order chi connectivity index (χ0) is 48.5. The number of H-pyrrole nitrogens is 2. The van der Waals surface area contributed by atoms with Crippen LogP contribution in [0.5, 0.6) is 11.8 Å². The first-order chi connectivity index (χ1) is 32.2. The number of aromatic hydroxyl groups is 2. The molecule has 5 aromatic rings. The Morgan fingerprint density at radius 2 is 1.43 bits per heavy atom. The van der Waals surface area contributed by atoms with Crippen molar-refractivity contribution in [2.75, 3.05) is 19.0 Å². The molecule has 2 aromatic heterocycles. The summed E-state index contributed by atoms with van der Waals surface area (Å²) in [5.74, 6) is -4.27. The SMILES string of the molecule is COC(=O)[C@@H](C)NC(=O)[C@H](CC(C)C)NC(=O)[C@H](Cc1c[nH]c2ccccc12)NC(=O)[C@H](CCCCN)n1c(O)ccc(NC(O)OCc2ccccc2)c(=O)[nH]c(Cc2ccccc2)c1O. The Balaban J connectivity index is 1.59. The molecule has 18 heteroatoms. The number of nitrogens with one attached hydrogen (secondary N) is 6. The van der Waals surface area contributed by atoms with E-state index in [-0.39, 0.29) is 56.1 Å². The number of unbranched alkanes of at least 4 members (excludes halogenated alkanes) is 1. The number of fused-ring (bicyclic) bond motifs is 1. The molecule has 0 fully saturated rings. The van der Waals surface area contributed by atoms with Crippen molar-refractivity contribution in [1.82, 2.24) is 30.5 Å². The number of anilines is 1. The summed E-state index contributed by atoms with van der Waals surface area (Å²) in [4.78, 5) is 75.1. The number of ether oxygens (including phenoxy) is 2. The van der Waals surface area contributed by atoms with E-state index in [1.165, 1.54) is 14.0 Å². The van der Waals surface area contributed by atoms with E-state index < -0.39 is 71.6 Å². The number of esters is 1. The lowest BCUT2D eigenvalue weighted by atomic mass is 10.00. The predicted octanol–water partition coefficient (Wildman–Crippen LogP) is 4.29. The third-order valence-electron chi connectivity index (χ3n) is 10.9. The van der Waals surface area contributed by atoms with Crippen LogP contribution in [0.3, 0.4) is 0 Å². The van der Waals surface area contributed by atoms with E-state index in [0.717, 1.165) is 33.2 Å². The van der Waals surface area contributed by atoms with Crippen LogP contribution in [0.25, 0.3) is 10.9 Å². The number of aliphatic hydroxyl groups is 1. The van der Waals surface area contributed by atoms with Crippen molar-refractivity contribution in [3.8, 4) is 11.8 Å². The molecular weight excluding hydrogens is 861 g/mol. The van der Waals surface area contributed by atoms with Gasteiger partial charge in [0.1, 0.15) is 29.9 Å². The summed E-state index contributed by atoms with van der Waals surface area (Å²) >= 11 is 0. The predicted molar refractivity (Wildman–Crippen MR) is 253 cm³/mol. The van der Waals surface area contributed by atoms with E-state index in [1.807, 2.05) is 56.3 Å². The van der Waals surface area contributed by atoms with Gasteiger partial charge in [-0.15, -0.1) is 0 Å². The number of methoxy groups -OCH3 is 1.